The molecule has 0 amide bonds. The molecule has 0 radical (unpaired) electrons. The molecule has 0 bridgehead atoms. The van der Waals surface area contributed by atoms with Crippen molar-refractivity contribution in [2.24, 2.45) is 5.92 Å². The van der Waals surface area contributed by atoms with E-state index in [2.05, 4.69) is 10.3 Å². The molecule has 23 heavy (non-hydrogen) atoms. The molecule has 0 saturated heterocycles. The topological polar surface area (TPSA) is 40.7 Å². The number of hydrogen-bond donors (Lipinski definition) is 2. The number of nitrogens with zero attached hydrogens (tertiary/aromatic N) is 1. The van der Waals surface area contributed by atoms with Crippen molar-refractivity contribution in [3.63, 3.8) is 0 Å². The van der Waals surface area contributed by atoms with Crippen LogP contribution in [0.4, 0.5) is 4.39 Å². The van der Waals surface area contributed by atoms with Crippen LogP contribution < -0.4 is 5.32 Å². The molecular formula is C19H24FN3. The molecule has 2 aromatic rings. The number of hydrogen-bond acceptors (Lipinski definition) is 2. The first-order valence-corrected chi connectivity index (χ1v) is 8.87. The van der Waals surface area contributed by atoms with Crippen molar-refractivity contribution in [1.29, 1.82) is 0 Å². The van der Waals surface area contributed by atoms with Gasteiger partial charge in [-0.05, 0) is 55.9 Å². The average molecular weight is 313 g/mol. The van der Waals surface area contributed by atoms with Crippen LogP contribution in [0, 0.1) is 11.7 Å². The van der Waals surface area contributed by atoms with Crippen molar-refractivity contribution in [2.45, 2.75) is 57.0 Å². The van der Waals surface area contributed by atoms with Crippen LogP contribution in [0.3, 0.4) is 0 Å². The van der Waals surface area contributed by atoms with Crippen molar-refractivity contribution >= 4 is 0 Å². The van der Waals surface area contributed by atoms with E-state index in [4.69, 9.17) is 4.98 Å². The van der Waals surface area contributed by atoms with Gasteiger partial charge in [0.2, 0.25) is 0 Å². The molecule has 122 valence electrons. The van der Waals surface area contributed by atoms with Crippen LogP contribution in [0.1, 0.15) is 56.8 Å². The van der Waals surface area contributed by atoms with Gasteiger partial charge < -0.3 is 10.3 Å². The molecule has 1 aromatic heterocycles. The van der Waals surface area contributed by atoms with E-state index in [1.54, 1.807) is 12.1 Å². The van der Waals surface area contributed by atoms with Crippen LogP contribution in [-0.2, 0) is 0 Å². The molecule has 3 nitrogen and oxygen atoms in total. The summed E-state index contributed by atoms with van der Waals surface area (Å²) in [4.78, 5) is 8.16. The number of benzene rings is 1. The van der Waals surface area contributed by atoms with Crippen molar-refractivity contribution in [1.82, 2.24) is 15.3 Å². The fourth-order valence-electron chi connectivity index (χ4n) is 3.66. The third-order valence-corrected chi connectivity index (χ3v) is 5.15. The molecule has 2 saturated carbocycles. The highest BCUT2D eigenvalue weighted by atomic mass is 19.1. The smallest absolute Gasteiger partial charge is 0.124 e. The zero-order valence-electron chi connectivity index (χ0n) is 13.4. The molecule has 4 rings (SSSR count). The minimum absolute atomic E-state index is 0.209. The molecule has 1 aromatic carbocycles. The lowest BCUT2D eigenvalue weighted by Crippen LogP contribution is -2.36. The summed E-state index contributed by atoms with van der Waals surface area (Å²) in [5, 5.41) is 3.85. The summed E-state index contributed by atoms with van der Waals surface area (Å²) < 4.78 is 13.1. The monoisotopic (exact) mass is 313 g/mol. The number of halogens is 1. The van der Waals surface area contributed by atoms with E-state index in [1.807, 2.05) is 6.20 Å². The zero-order valence-corrected chi connectivity index (χ0v) is 13.4. The molecule has 1 atom stereocenters. The maximum Gasteiger partial charge on any atom is 0.124 e. The lowest BCUT2D eigenvalue weighted by molar-refractivity contribution is 0.317. The van der Waals surface area contributed by atoms with Gasteiger partial charge in [0, 0.05) is 17.8 Å². The van der Waals surface area contributed by atoms with Crippen LogP contribution in [0.5, 0.6) is 0 Å². The molecular weight excluding hydrogens is 289 g/mol. The summed E-state index contributed by atoms with van der Waals surface area (Å²) in [6.45, 7) is 0. The number of nitrogens with one attached hydrogen (secondary N) is 2. The predicted molar refractivity (Wildman–Crippen MR) is 89.5 cm³/mol. The first-order chi connectivity index (χ1) is 11.3. The van der Waals surface area contributed by atoms with Gasteiger partial charge in [0.15, 0.2) is 0 Å². The fourth-order valence-corrected chi connectivity index (χ4v) is 3.66. The maximum atomic E-state index is 13.1. The molecule has 1 unspecified atom stereocenters. The Morgan fingerprint density at radius 2 is 1.78 bits per heavy atom. The molecule has 4 heteroatoms. The van der Waals surface area contributed by atoms with Gasteiger partial charge in [-0.2, -0.15) is 0 Å². The number of aromatic nitrogens is 2. The normalized spacial score (nSPS) is 20.6. The Bertz CT molecular complexity index is 639. The second-order valence-electron chi connectivity index (χ2n) is 6.99. The quantitative estimate of drug-likeness (QED) is 0.847. The molecule has 0 spiro atoms. The van der Waals surface area contributed by atoms with Crippen LogP contribution >= 0.6 is 0 Å². The minimum Gasteiger partial charge on any atom is -0.347 e. The Hall–Kier alpha value is -1.68. The SMILES string of the molecule is Fc1ccc(-c2c[nH]c(C(NC3CCCCC3)C3CC3)n2)cc1. The second-order valence-corrected chi connectivity index (χ2v) is 6.99. The number of H-pyrrole nitrogens is 1. The number of aromatic amines is 1. The molecule has 0 aliphatic heterocycles. The van der Waals surface area contributed by atoms with Gasteiger partial charge in [-0.25, -0.2) is 9.37 Å². The van der Waals surface area contributed by atoms with Gasteiger partial charge in [0.1, 0.15) is 11.6 Å². The predicted octanol–water partition coefficient (Wildman–Crippen LogP) is 4.59. The van der Waals surface area contributed by atoms with Gasteiger partial charge in [-0.1, -0.05) is 19.3 Å². The summed E-state index contributed by atoms with van der Waals surface area (Å²) in [5.41, 5.74) is 1.86. The Balaban J connectivity index is 1.51. The van der Waals surface area contributed by atoms with E-state index >= 15 is 0 Å². The van der Waals surface area contributed by atoms with E-state index in [-0.39, 0.29) is 5.82 Å². The molecule has 2 aliphatic carbocycles. The lowest BCUT2D eigenvalue weighted by atomic mass is 9.94. The van der Waals surface area contributed by atoms with Crippen LogP contribution in [0.2, 0.25) is 0 Å². The van der Waals surface area contributed by atoms with E-state index < -0.39 is 0 Å². The minimum atomic E-state index is -0.209. The summed E-state index contributed by atoms with van der Waals surface area (Å²) in [7, 11) is 0. The largest absolute Gasteiger partial charge is 0.347 e. The lowest BCUT2D eigenvalue weighted by Gasteiger charge is -2.27. The third-order valence-electron chi connectivity index (χ3n) is 5.15. The first-order valence-electron chi connectivity index (χ1n) is 8.87. The standard InChI is InChI=1S/C19H24FN3/c20-15-10-8-13(9-11-15)17-12-21-19(23-17)18(14-6-7-14)22-16-4-2-1-3-5-16/h8-12,14,16,18,22H,1-7H2,(H,21,23). The highest BCUT2D eigenvalue weighted by Crippen LogP contribution is 2.41. The number of imidazole rings is 1. The fraction of sp³-hybridized carbons (Fsp3) is 0.526. The Kier molecular flexibility index (Phi) is 4.17. The average Bonchev–Trinajstić information content (AvgIpc) is 3.31. The number of rotatable bonds is 5. The van der Waals surface area contributed by atoms with Crippen LogP contribution in [-0.4, -0.2) is 16.0 Å². The van der Waals surface area contributed by atoms with E-state index in [0.29, 0.717) is 18.0 Å². The third kappa shape index (κ3) is 3.47. The van der Waals surface area contributed by atoms with Gasteiger partial charge in [-0.3, -0.25) is 0 Å². The van der Waals surface area contributed by atoms with E-state index in [0.717, 1.165) is 17.1 Å². The van der Waals surface area contributed by atoms with Crippen molar-refractivity contribution in [3.8, 4) is 11.3 Å². The van der Waals surface area contributed by atoms with Crippen molar-refractivity contribution in [3.05, 3.63) is 42.1 Å². The second kappa shape index (κ2) is 6.44. The van der Waals surface area contributed by atoms with Crippen molar-refractivity contribution in [2.75, 3.05) is 0 Å². The maximum absolute atomic E-state index is 13.1. The van der Waals surface area contributed by atoms with Gasteiger partial charge in [0.25, 0.3) is 0 Å². The van der Waals surface area contributed by atoms with Gasteiger partial charge in [-0.15, -0.1) is 0 Å². The van der Waals surface area contributed by atoms with E-state index in [9.17, 15) is 4.39 Å². The van der Waals surface area contributed by atoms with Gasteiger partial charge in [0.05, 0.1) is 11.7 Å². The van der Waals surface area contributed by atoms with Crippen LogP contribution in [0.15, 0.2) is 30.5 Å². The highest BCUT2D eigenvalue weighted by molar-refractivity contribution is 5.58. The first kappa shape index (κ1) is 14.9. The van der Waals surface area contributed by atoms with Crippen LogP contribution in [0.25, 0.3) is 11.3 Å². The molecule has 1 heterocycles. The summed E-state index contributed by atoms with van der Waals surface area (Å²) in [6.07, 6.45) is 11.2. The summed E-state index contributed by atoms with van der Waals surface area (Å²) in [6, 6.07) is 7.53. The Morgan fingerprint density at radius 3 is 2.48 bits per heavy atom. The zero-order chi connectivity index (χ0) is 15.6. The molecule has 2 N–H and O–H groups in total. The molecule has 2 fully saturated rings. The highest BCUT2D eigenvalue weighted by Gasteiger charge is 2.35. The summed E-state index contributed by atoms with van der Waals surface area (Å²) in [5.74, 6) is 1.54. The van der Waals surface area contributed by atoms with Gasteiger partial charge >= 0.3 is 0 Å². The van der Waals surface area contributed by atoms with Crippen molar-refractivity contribution < 1.29 is 4.39 Å². The molecule has 2 aliphatic rings. The Morgan fingerprint density at radius 1 is 1.04 bits per heavy atom. The van der Waals surface area contributed by atoms with E-state index in [1.165, 1.54) is 57.1 Å². The summed E-state index contributed by atoms with van der Waals surface area (Å²) >= 11 is 0. The Labute approximate surface area is 136 Å².